The number of aromatic nitrogens is 3. The van der Waals surface area contributed by atoms with Crippen molar-refractivity contribution in [3.63, 3.8) is 0 Å². The van der Waals surface area contributed by atoms with Gasteiger partial charge >= 0.3 is 5.95 Å². The van der Waals surface area contributed by atoms with E-state index in [1.165, 1.54) is 11.2 Å². The molecular weight excluding hydrogens is 310 g/mol. The van der Waals surface area contributed by atoms with Gasteiger partial charge in [0.25, 0.3) is 5.91 Å². The molecule has 1 aromatic heterocycles. The number of rotatable bonds is 5. The van der Waals surface area contributed by atoms with Gasteiger partial charge in [0.1, 0.15) is 6.54 Å². The molecule has 1 heterocycles. The molecule has 0 fully saturated rings. The highest BCUT2D eigenvalue weighted by molar-refractivity contribution is 6.00. The Morgan fingerprint density at radius 1 is 1.04 bits per heavy atom. The Kier molecular flexibility index (Phi) is 4.28. The fraction of sp³-hybridized carbons (Fsp3) is 0.0625. The number of hydrogen-bond acceptors (Lipinski definition) is 5. The van der Waals surface area contributed by atoms with E-state index in [0.717, 1.165) is 4.68 Å². The van der Waals surface area contributed by atoms with Gasteiger partial charge in [0, 0.05) is 16.5 Å². The summed E-state index contributed by atoms with van der Waals surface area (Å²) in [5, 5.41) is 14.3. The quantitative estimate of drug-likeness (QED) is 0.531. The lowest BCUT2D eigenvalue weighted by molar-refractivity contribution is -0.394. The number of carbonyl (C=O) groups is 1. The van der Waals surface area contributed by atoms with Crippen molar-refractivity contribution in [2.75, 3.05) is 4.90 Å². The Hall–Kier alpha value is -3.55. The molecule has 8 nitrogen and oxygen atoms in total. The predicted molar refractivity (Wildman–Crippen MR) is 86.7 cm³/mol. The molecule has 24 heavy (non-hydrogen) atoms. The summed E-state index contributed by atoms with van der Waals surface area (Å²) in [5.74, 6) is -0.819. The summed E-state index contributed by atoms with van der Waals surface area (Å²) in [6.45, 7) is -0.162. The summed E-state index contributed by atoms with van der Waals surface area (Å²) in [4.78, 5) is 27.8. The van der Waals surface area contributed by atoms with Crippen LogP contribution in [0.15, 0.2) is 67.0 Å². The van der Waals surface area contributed by atoms with Crippen molar-refractivity contribution in [1.29, 1.82) is 0 Å². The van der Waals surface area contributed by atoms with Crippen molar-refractivity contribution in [3.8, 4) is 0 Å². The minimum atomic E-state index is -0.701. The Labute approximate surface area is 137 Å². The topological polar surface area (TPSA) is 94.2 Å². The third-order valence-corrected chi connectivity index (χ3v) is 3.26. The van der Waals surface area contributed by atoms with Crippen molar-refractivity contribution in [3.05, 3.63) is 77.1 Å². The molecule has 0 N–H and O–H groups in total. The molecule has 0 aliphatic carbocycles. The molecule has 0 unspecified atom stereocenters. The van der Waals surface area contributed by atoms with Crippen LogP contribution in [0.2, 0.25) is 0 Å². The zero-order valence-corrected chi connectivity index (χ0v) is 12.5. The smallest absolute Gasteiger partial charge is 0.390 e. The van der Waals surface area contributed by atoms with Crippen molar-refractivity contribution >= 4 is 23.2 Å². The van der Waals surface area contributed by atoms with E-state index in [4.69, 9.17) is 0 Å². The van der Waals surface area contributed by atoms with Crippen LogP contribution in [-0.2, 0) is 11.3 Å². The third-order valence-electron chi connectivity index (χ3n) is 3.26. The Morgan fingerprint density at radius 3 is 2.04 bits per heavy atom. The van der Waals surface area contributed by atoms with Gasteiger partial charge < -0.3 is 10.1 Å². The first-order valence-electron chi connectivity index (χ1n) is 7.12. The van der Waals surface area contributed by atoms with Crippen LogP contribution >= 0.6 is 0 Å². The number of carbonyl (C=O) groups excluding carboxylic acids is 1. The number of anilines is 2. The first-order valence-corrected chi connectivity index (χ1v) is 7.12. The van der Waals surface area contributed by atoms with E-state index in [-0.39, 0.29) is 12.5 Å². The van der Waals surface area contributed by atoms with Crippen LogP contribution in [0.1, 0.15) is 0 Å². The highest BCUT2D eigenvalue weighted by Gasteiger charge is 2.21. The second-order valence-electron chi connectivity index (χ2n) is 4.90. The fourth-order valence-electron chi connectivity index (χ4n) is 2.25. The van der Waals surface area contributed by atoms with Crippen LogP contribution in [0, 0.1) is 10.1 Å². The molecule has 3 rings (SSSR count). The SMILES string of the molecule is O=C(Cn1cnc([N+](=O)[O-])n1)N(c1ccccc1)c1ccccc1. The molecule has 0 atom stereocenters. The van der Waals surface area contributed by atoms with E-state index in [1.807, 2.05) is 60.7 Å². The molecule has 0 radical (unpaired) electrons. The first-order chi connectivity index (χ1) is 11.6. The second kappa shape index (κ2) is 6.69. The highest BCUT2D eigenvalue weighted by atomic mass is 16.6. The summed E-state index contributed by atoms with van der Waals surface area (Å²) in [5.41, 5.74) is 1.40. The van der Waals surface area contributed by atoms with Gasteiger partial charge in [-0.3, -0.25) is 9.69 Å². The minimum absolute atomic E-state index is 0.162. The Morgan fingerprint density at radius 2 is 1.58 bits per heavy atom. The summed E-state index contributed by atoms with van der Waals surface area (Å²) in [6, 6.07) is 18.3. The fourth-order valence-corrected chi connectivity index (χ4v) is 2.25. The van der Waals surface area contributed by atoms with Crippen LogP contribution in [0.4, 0.5) is 17.3 Å². The zero-order valence-electron chi connectivity index (χ0n) is 12.5. The van der Waals surface area contributed by atoms with Crippen molar-refractivity contribution < 1.29 is 9.72 Å². The van der Waals surface area contributed by atoms with Gasteiger partial charge in [-0.05, 0) is 29.2 Å². The van der Waals surface area contributed by atoms with E-state index in [0.29, 0.717) is 11.4 Å². The molecular formula is C16H13N5O3. The van der Waals surface area contributed by atoms with E-state index in [9.17, 15) is 14.9 Å². The summed E-state index contributed by atoms with van der Waals surface area (Å²) < 4.78 is 1.15. The standard InChI is InChI=1S/C16H13N5O3/c22-15(11-19-12-17-16(18-19)21(23)24)20(13-7-3-1-4-8-13)14-9-5-2-6-10-14/h1-10,12H,11H2. The van der Waals surface area contributed by atoms with Crippen molar-refractivity contribution in [1.82, 2.24) is 14.8 Å². The predicted octanol–water partition coefficient (Wildman–Crippen LogP) is 2.55. The molecule has 0 saturated heterocycles. The summed E-state index contributed by atoms with van der Waals surface area (Å²) >= 11 is 0. The molecule has 1 amide bonds. The minimum Gasteiger partial charge on any atom is -0.390 e. The van der Waals surface area contributed by atoms with E-state index in [2.05, 4.69) is 10.1 Å². The monoisotopic (exact) mass is 323 g/mol. The van der Waals surface area contributed by atoms with Crippen LogP contribution in [0.5, 0.6) is 0 Å². The molecule has 120 valence electrons. The highest BCUT2D eigenvalue weighted by Crippen LogP contribution is 2.25. The first kappa shape index (κ1) is 15.3. The maximum absolute atomic E-state index is 12.8. The van der Waals surface area contributed by atoms with Crippen molar-refractivity contribution in [2.45, 2.75) is 6.54 Å². The molecule has 3 aromatic rings. The zero-order chi connectivity index (χ0) is 16.9. The third kappa shape index (κ3) is 3.27. The van der Waals surface area contributed by atoms with E-state index < -0.39 is 10.9 Å². The summed E-state index contributed by atoms with van der Waals surface area (Å²) in [7, 11) is 0. The Bertz CT molecular complexity index is 809. The molecule has 0 aliphatic heterocycles. The largest absolute Gasteiger partial charge is 0.490 e. The van der Waals surface area contributed by atoms with E-state index >= 15 is 0 Å². The van der Waals surface area contributed by atoms with Gasteiger partial charge in [-0.25, -0.2) is 0 Å². The number of hydrogen-bond donors (Lipinski definition) is 0. The Balaban J connectivity index is 1.90. The average molecular weight is 323 g/mol. The van der Waals surface area contributed by atoms with Crippen LogP contribution in [0.25, 0.3) is 0 Å². The molecule has 0 saturated carbocycles. The van der Waals surface area contributed by atoms with Crippen LogP contribution < -0.4 is 4.90 Å². The van der Waals surface area contributed by atoms with Gasteiger partial charge in [-0.2, -0.15) is 4.68 Å². The molecule has 0 bridgehead atoms. The number of amides is 1. The van der Waals surface area contributed by atoms with Crippen molar-refractivity contribution in [2.24, 2.45) is 0 Å². The maximum atomic E-state index is 12.8. The van der Waals surface area contributed by atoms with Crippen LogP contribution in [-0.4, -0.2) is 25.6 Å². The van der Waals surface area contributed by atoms with Gasteiger partial charge in [-0.15, -0.1) is 0 Å². The lowest BCUT2D eigenvalue weighted by atomic mass is 10.2. The number of nitro groups is 1. The van der Waals surface area contributed by atoms with E-state index in [1.54, 1.807) is 0 Å². The van der Waals surface area contributed by atoms with Gasteiger partial charge in [0.2, 0.25) is 6.33 Å². The molecule has 0 spiro atoms. The second-order valence-corrected chi connectivity index (χ2v) is 4.90. The number of nitrogens with zero attached hydrogens (tertiary/aromatic N) is 5. The summed E-state index contributed by atoms with van der Waals surface area (Å²) in [6.07, 6.45) is 1.17. The number of para-hydroxylation sites is 2. The number of benzene rings is 2. The maximum Gasteiger partial charge on any atom is 0.490 e. The van der Waals surface area contributed by atoms with Gasteiger partial charge in [-0.1, -0.05) is 41.4 Å². The van der Waals surface area contributed by atoms with Crippen LogP contribution in [0.3, 0.4) is 0 Å². The lowest BCUT2D eigenvalue weighted by Gasteiger charge is -2.22. The van der Waals surface area contributed by atoms with Gasteiger partial charge in [0.05, 0.1) is 0 Å². The average Bonchev–Trinajstić information content (AvgIpc) is 3.06. The van der Waals surface area contributed by atoms with Gasteiger partial charge in [0.15, 0.2) is 0 Å². The molecule has 8 heteroatoms. The molecule has 2 aromatic carbocycles. The lowest BCUT2D eigenvalue weighted by Crippen LogP contribution is -2.29. The molecule has 0 aliphatic rings. The normalized spacial score (nSPS) is 10.3.